The standard InChI is InChI=1S/C13H11N3O3S/c1-16-12(18)14-15-13(16)20-7-10(17)9-6-19-11-5-3-2-4-8(9)11/h2-6H,7H2,1H3,(H,14,18). The van der Waals surface area contributed by atoms with Gasteiger partial charge in [-0.1, -0.05) is 30.0 Å². The Kier molecular flexibility index (Phi) is 3.19. The van der Waals surface area contributed by atoms with Gasteiger partial charge in [0.1, 0.15) is 11.8 Å². The molecule has 1 aromatic carbocycles. The molecule has 0 spiro atoms. The van der Waals surface area contributed by atoms with Crippen LogP contribution >= 0.6 is 11.8 Å². The number of ketones is 1. The Morgan fingerprint density at radius 3 is 3.00 bits per heavy atom. The van der Waals surface area contributed by atoms with Crippen LogP contribution in [0.5, 0.6) is 0 Å². The lowest BCUT2D eigenvalue weighted by atomic mass is 10.1. The van der Waals surface area contributed by atoms with E-state index in [1.165, 1.54) is 22.6 Å². The van der Waals surface area contributed by atoms with Crippen molar-refractivity contribution in [1.29, 1.82) is 0 Å². The molecule has 0 aliphatic heterocycles. The van der Waals surface area contributed by atoms with Gasteiger partial charge in [-0.25, -0.2) is 9.89 Å². The van der Waals surface area contributed by atoms with Gasteiger partial charge in [0.25, 0.3) is 0 Å². The van der Waals surface area contributed by atoms with E-state index in [1.807, 2.05) is 24.3 Å². The summed E-state index contributed by atoms with van der Waals surface area (Å²) in [5.41, 5.74) is 0.940. The van der Waals surface area contributed by atoms with E-state index in [2.05, 4.69) is 10.2 Å². The summed E-state index contributed by atoms with van der Waals surface area (Å²) in [5.74, 6) is 0.136. The minimum absolute atomic E-state index is 0.0598. The molecule has 0 aliphatic carbocycles. The molecule has 3 aromatic rings. The number of hydrogen-bond acceptors (Lipinski definition) is 5. The van der Waals surface area contributed by atoms with Gasteiger partial charge in [0.05, 0.1) is 11.3 Å². The molecular formula is C13H11N3O3S. The number of carbonyl (C=O) groups excluding carboxylic acids is 1. The predicted molar refractivity (Wildman–Crippen MR) is 75.1 cm³/mol. The lowest BCUT2D eigenvalue weighted by Gasteiger charge is -1.98. The van der Waals surface area contributed by atoms with Crippen LogP contribution in [0.15, 0.2) is 44.9 Å². The van der Waals surface area contributed by atoms with Crippen LogP contribution in [-0.4, -0.2) is 26.3 Å². The Balaban J connectivity index is 1.80. The fraction of sp³-hybridized carbons (Fsp3) is 0.154. The number of thioether (sulfide) groups is 1. The van der Waals surface area contributed by atoms with Gasteiger partial charge in [-0.3, -0.25) is 9.36 Å². The number of aromatic amines is 1. The highest BCUT2D eigenvalue weighted by Gasteiger charge is 2.15. The van der Waals surface area contributed by atoms with Crippen molar-refractivity contribution >= 4 is 28.5 Å². The number of aromatic nitrogens is 3. The second kappa shape index (κ2) is 5.01. The highest BCUT2D eigenvalue weighted by molar-refractivity contribution is 7.99. The molecule has 0 saturated carbocycles. The zero-order chi connectivity index (χ0) is 14.1. The maximum Gasteiger partial charge on any atom is 0.343 e. The topological polar surface area (TPSA) is 80.9 Å². The summed E-state index contributed by atoms with van der Waals surface area (Å²) in [4.78, 5) is 23.4. The molecule has 0 atom stereocenters. The molecule has 102 valence electrons. The summed E-state index contributed by atoms with van der Waals surface area (Å²) in [6, 6.07) is 7.38. The minimum atomic E-state index is -0.297. The minimum Gasteiger partial charge on any atom is -0.464 e. The van der Waals surface area contributed by atoms with Crippen LogP contribution in [0, 0.1) is 0 Å². The number of rotatable bonds is 4. The van der Waals surface area contributed by atoms with Gasteiger partial charge >= 0.3 is 5.69 Å². The van der Waals surface area contributed by atoms with Crippen LogP contribution < -0.4 is 5.69 Å². The Morgan fingerprint density at radius 1 is 1.45 bits per heavy atom. The van der Waals surface area contributed by atoms with Crippen LogP contribution in [0.3, 0.4) is 0 Å². The number of carbonyl (C=O) groups is 1. The summed E-state index contributed by atoms with van der Waals surface area (Å²) >= 11 is 1.21. The lowest BCUT2D eigenvalue weighted by molar-refractivity contribution is 0.102. The molecule has 2 aromatic heterocycles. The van der Waals surface area contributed by atoms with Crippen molar-refractivity contribution in [2.45, 2.75) is 5.16 Å². The zero-order valence-electron chi connectivity index (χ0n) is 10.6. The first-order chi connectivity index (χ1) is 9.66. The van der Waals surface area contributed by atoms with Gasteiger partial charge in [-0.05, 0) is 6.07 Å². The highest BCUT2D eigenvalue weighted by atomic mass is 32.2. The maximum absolute atomic E-state index is 12.2. The monoisotopic (exact) mass is 289 g/mol. The van der Waals surface area contributed by atoms with Crippen LogP contribution in [0.25, 0.3) is 11.0 Å². The smallest absolute Gasteiger partial charge is 0.343 e. The molecule has 2 heterocycles. The predicted octanol–water partition coefficient (Wildman–Crippen LogP) is 1.83. The quantitative estimate of drug-likeness (QED) is 0.585. The third-order valence-corrected chi connectivity index (χ3v) is 3.98. The number of nitrogens with one attached hydrogen (secondary N) is 1. The molecule has 3 rings (SSSR count). The molecule has 1 N–H and O–H groups in total. The van der Waals surface area contributed by atoms with Crippen molar-refractivity contribution < 1.29 is 9.21 Å². The van der Waals surface area contributed by atoms with Gasteiger partial charge in [-0.15, -0.1) is 5.10 Å². The highest BCUT2D eigenvalue weighted by Crippen LogP contribution is 2.23. The number of H-pyrrole nitrogens is 1. The number of para-hydroxylation sites is 1. The molecule has 20 heavy (non-hydrogen) atoms. The molecule has 0 radical (unpaired) electrons. The van der Waals surface area contributed by atoms with E-state index in [9.17, 15) is 9.59 Å². The Labute approximate surface area is 117 Å². The number of furan rings is 1. The van der Waals surface area contributed by atoms with Crippen molar-refractivity contribution in [3.8, 4) is 0 Å². The number of hydrogen-bond donors (Lipinski definition) is 1. The summed E-state index contributed by atoms with van der Waals surface area (Å²) in [7, 11) is 1.60. The van der Waals surface area contributed by atoms with Gasteiger partial charge in [0.15, 0.2) is 10.9 Å². The molecule has 0 bridgehead atoms. The van der Waals surface area contributed by atoms with Crippen LogP contribution in [0.2, 0.25) is 0 Å². The van der Waals surface area contributed by atoms with E-state index < -0.39 is 0 Å². The fourth-order valence-corrected chi connectivity index (χ4v) is 2.67. The number of Topliss-reactive ketones (excluding diaryl/α,β-unsaturated/α-hetero) is 1. The molecule has 0 amide bonds. The van der Waals surface area contributed by atoms with E-state index >= 15 is 0 Å². The molecule has 7 heteroatoms. The first-order valence-corrected chi connectivity index (χ1v) is 6.89. The van der Waals surface area contributed by atoms with Crippen molar-refractivity contribution in [2.75, 3.05) is 5.75 Å². The normalized spacial score (nSPS) is 11.1. The van der Waals surface area contributed by atoms with Gasteiger partial charge in [0.2, 0.25) is 0 Å². The summed E-state index contributed by atoms with van der Waals surface area (Å²) in [6.45, 7) is 0. The van der Waals surface area contributed by atoms with E-state index in [0.717, 1.165) is 5.39 Å². The van der Waals surface area contributed by atoms with Crippen molar-refractivity contribution in [3.05, 3.63) is 46.6 Å². The second-order valence-corrected chi connectivity index (χ2v) is 5.17. The molecular weight excluding hydrogens is 278 g/mol. The van der Waals surface area contributed by atoms with Crippen molar-refractivity contribution in [2.24, 2.45) is 7.05 Å². The van der Waals surface area contributed by atoms with E-state index in [-0.39, 0.29) is 17.2 Å². The molecule has 0 unspecified atom stereocenters. The number of benzene rings is 1. The first kappa shape index (κ1) is 12.7. The van der Waals surface area contributed by atoms with Gasteiger partial charge in [0, 0.05) is 12.4 Å². The number of nitrogens with zero attached hydrogens (tertiary/aromatic N) is 2. The van der Waals surface area contributed by atoms with E-state index in [0.29, 0.717) is 16.3 Å². The summed E-state index contributed by atoms with van der Waals surface area (Å²) in [5, 5.41) is 7.46. The molecule has 0 aliphatic rings. The van der Waals surface area contributed by atoms with Crippen molar-refractivity contribution in [3.63, 3.8) is 0 Å². The van der Waals surface area contributed by atoms with Crippen LogP contribution in [0.1, 0.15) is 10.4 Å². The fourth-order valence-electron chi connectivity index (χ4n) is 1.86. The molecule has 0 saturated heterocycles. The average Bonchev–Trinajstić information content (AvgIpc) is 3.02. The second-order valence-electron chi connectivity index (χ2n) is 4.23. The largest absolute Gasteiger partial charge is 0.464 e. The van der Waals surface area contributed by atoms with Crippen LogP contribution in [-0.2, 0) is 7.05 Å². The molecule has 6 nitrogen and oxygen atoms in total. The third-order valence-electron chi connectivity index (χ3n) is 2.95. The Morgan fingerprint density at radius 2 is 2.25 bits per heavy atom. The SMILES string of the molecule is Cn1c(SCC(=O)c2coc3ccccc23)n[nH]c1=O. The van der Waals surface area contributed by atoms with E-state index in [1.54, 1.807) is 7.05 Å². The Hall–Kier alpha value is -2.28. The van der Waals surface area contributed by atoms with Crippen molar-refractivity contribution in [1.82, 2.24) is 14.8 Å². The summed E-state index contributed by atoms with van der Waals surface area (Å²) < 4.78 is 6.71. The Bertz CT molecular complexity index is 831. The lowest BCUT2D eigenvalue weighted by Crippen LogP contribution is -2.13. The number of fused-ring (bicyclic) bond motifs is 1. The first-order valence-electron chi connectivity index (χ1n) is 5.90. The third kappa shape index (κ3) is 2.16. The van der Waals surface area contributed by atoms with Crippen LogP contribution in [0.4, 0.5) is 0 Å². The maximum atomic E-state index is 12.2. The van der Waals surface area contributed by atoms with Gasteiger partial charge in [-0.2, -0.15) is 0 Å². The molecule has 0 fully saturated rings. The van der Waals surface area contributed by atoms with E-state index in [4.69, 9.17) is 4.42 Å². The average molecular weight is 289 g/mol. The zero-order valence-corrected chi connectivity index (χ0v) is 11.4. The van der Waals surface area contributed by atoms with Gasteiger partial charge < -0.3 is 4.42 Å². The summed E-state index contributed by atoms with van der Waals surface area (Å²) in [6.07, 6.45) is 1.47.